The van der Waals surface area contributed by atoms with Gasteiger partial charge in [0.05, 0.1) is 11.4 Å². The van der Waals surface area contributed by atoms with E-state index >= 15 is 0 Å². The normalized spacial score (nSPS) is 10.1. The van der Waals surface area contributed by atoms with Crippen LogP contribution in [0.2, 0.25) is 0 Å². The van der Waals surface area contributed by atoms with E-state index < -0.39 is 0 Å². The summed E-state index contributed by atoms with van der Waals surface area (Å²) < 4.78 is 1.80. The standard InChI is InChI=1S/C16H22N4O.ClH/c1-3-9-17-10-11-18-16(21)14-4-6-15(7-5-14)20-12-8-13(2)19-20;/h4-8,12,17H,3,9-11H2,1-2H3,(H,18,21);1H. The molecule has 1 amide bonds. The maximum absolute atomic E-state index is 12.0. The first-order valence-corrected chi connectivity index (χ1v) is 7.32. The molecule has 1 aromatic heterocycles. The highest BCUT2D eigenvalue weighted by Gasteiger charge is 2.05. The van der Waals surface area contributed by atoms with Crippen molar-refractivity contribution in [2.45, 2.75) is 20.3 Å². The summed E-state index contributed by atoms with van der Waals surface area (Å²) in [6.45, 7) is 6.48. The topological polar surface area (TPSA) is 58.9 Å². The minimum Gasteiger partial charge on any atom is -0.351 e. The zero-order chi connectivity index (χ0) is 15.1. The molecule has 0 saturated carbocycles. The Kier molecular flexibility index (Phi) is 7.63. The molecule has 120 valence electrons. The summed E-state index contributed by atoms with van der Waals surface area (Å²) in [5.41, 5.74) is 2.58. The van der Waals surface area contributed by atoms with Gasteiger partial charge in [-0.15, -0.1) is 12.4 Å². The Bertz CT molecular complexity index is 580. The number of halogens is 1. The molecule has 1 heterocycles. The Morgan fingerprint density at radius 1 is 1.14 bits per heavy atom. The fourth-order valence-corrected chi connectivity index (χ4v) is 1.99. The molecular weight excluding hydrogens is 300 g/mol. The molecule has 22 heavy (non-hydrogen) atoms. The van der Waals surface area contributed by atoms with E-state index in [4.69, 9.17) is 0 Å². The van der Waals surface area contributed by atoms with Crippen LogP contribution < -0.4 is 10.6 Å². The summed E-state index contributed by atoms with van der Waals surface area (Å²) in [4.78, 5) is 12.0. The molecule has 0 fully saturated rings. The van der Waals surface area contributed by atoms with Crippen LogP contribution in [0.3, 0.4) is 0 Å². The predicted molar refractivity (Wildman–Crippen MR) is 91.0 cm³/mol. The first-order valence-electron chi connectivity index (χ1n) is 7.32. The van der Waals surface area contributed by atoms with E-state index in [-0.39, 0.29) is 18.3 Å². The van der Waals surface area contributed by atoms with Gasteiger partial charge in [-0.1, -0.05) is 6.92 Å². The first kappa shape index (κ1) is 18.2. The van der Waals surface area contributed by atoms with Crippen LogP contribution in [0.25, 0.3) is 5.69 Å². The lowest BCUT2D eigenvalue weighted by Crippen LogP contribution is -2.32. The third-order valence-electron chi connectivity index (χ3n) is 3.13. The summed E-state index contributed by atoms with van der Waals surface area (Å²) in [7, 11) is 0. The van der Waals surface area contributed by atoms with Crippen molar-refractivity contribution in [3.05, 3.63) is 47.8 Å². The molecule has 0 aliphatic heterocycles. The van der Waals surface area contributed by atoms with Gasteiger partial charge in [-0.25, -0.2) is 4.68 Å². The highest BCUT2D eigenvalue weighted by atomic mass is 35.5. The molecule has 0 radical (unpaired) electrons. The summed E-state index contributed by atoms with van der Waals surface area (Å²) in [6.07, 6.45) is 3.01. The molecule has 0 bridgehead atoms. The van der Waals surface area contributed by atoms with Crippen molar-refractivity contribution in [2.24, 2.45) is 0 Å². The number of carbonyl (C=O) groups excluding carboxylic acids is 1. The fraction of sp³-hybridized carbons (Fsp3) is 0.375. The summed E-state index contributed by atoms with van der Waals surface area (Å²) >= 11 is 0. The maximum atomic E-state index is 12.0. The number of hydrogen-bond donors (Lipinski definition) is 2. The van der Waals surface area contributed by atoms with Crippen LogP contribution in [-0.2, 0) is 0 Å². The van der Waals surface area contributed by atoms with Gasteiger partial charge in [0, 0.05) is 24.8 Å². The summed E-state index contributed by atoms with van der Waals surface area (Å²) in [5.74, 6) is -0.0449. The van der Waals surface area contributed by atoms with E-state index in [1.807, 2.05) is 43.5 Å². The average Bonchev–Trinajstić information content (AvgIpc) is 2.93. The molecule has 0 aliphatic carbocycles. The highest BCUT2D eigenvalue weighted by Crippen LogP contribution is 2.09. The van der Waals surface area contributed by atoms with Crippen molar-refractivity contribution in [2.75, 3.05) is 19.6 Å². The predicted octanol–water partition coefficient (Wildman–Crippen LogP) is 2.33. The van der Waals surface area contributed by atoms with Gasteiger partial charge >= 0.3 is 0 Å². The van der Waals surface area contributed by atoms with Crippen LogP contribution in [-0.4, -0.2) is 35.3 Å². The Hall–Kier alpha value is -1.85. The highest BCUT2D eigenvalue weighted by molar-refractivity contribution is 5.94. The minimum atomic E-state index is -0.0449. The van der Waals surface area contributed by atoms with Gasteiger partial charge in [-0.3, -0.25) is 4.79 Å². The number of aryl methyl sites for hydroxylation is 1. The van der Waals surface area contributed by atoms with E-state index in [1.165, 1.54) is 0 Å². The van der Waals surface area contributed by atoms with E-state index in [1.54, 1.807) is 4.68 Å². The minimum absolute atomic E-state index is 0. The van der Waals surface area contributed by atoms with Crippen LogP contribution in [0.4, 0.5) is 0 Å². The third kappa shape index (κ3) is 5.16. The molecule has 0 spiro atoms. The Morgan fingerprint density at radius 2 is 1.86 bits per heavy atom. The number of aromatic nitrogens is 2. The Labute approximate surface area is 137 Å². The van der Waals surface area contributed by atoms with Gasteiger partial charge in [0.25, 0.3) is 5.91 Å². The first-order chi connectivity index (χ1) is 10.2. The summed E-state index contributed by atoms with van der Waals surface area (Å²) in [6, 6.07) is 9.39. The zero-order valence-corrected chi connectivity index (χ0v) is 13.8. The van der Waals surface area contributed by atoms with Crippen LogP contribution in [0.1, 0.15) is 29.4 Å². The quantitative estimate of drug-likeness (QED) is 0.769. The van der Waals surface area contributed by atoms with E-state index in [0.29, 0.717) is 12.1 Å². The van der Waals surface area contributed by atoms with Crippen LogP contribution >= 0.6 is 12.4 Å². The number of carbonyl (C=O) groups is 1. The number of benzene rings is 1. The van der Waals surface area contributed by atoms with Gasteiger partial charge in [0.1, 0.15) is 0 Å². The van der Waals surface area contributed by atoms with Gasteiger partial charge < -0.3 is 10.6 Å². The monoisotopic (exact) mass is 322 g/mol. The lowest BCUT2D eigenvalue weighted by atomic mass is 10.2. The van der Waals surface area contributed by atoms with E-state index in [0.717, 1.165) is 30.9 Å². The van der Waals surface area contributed by atoms with Gasteiger partial charge in [-0.05, 0) is 50.2 Å². The van der Waals surface area contributed by atoms with Crippen LogP contribution in [0.15, 0.2) is 36.5 Å². The second-order valence-electron chi connectivity index (χ2n) is 4.95. The second kappa shape index (κ2) is 9.23. The summed E-state index contributed by atoms with van der Waals surface area (Å²) in [5, 5.41) is 10.5. The molecule has 5 nitrogen and oxygen atoms in total. The lowest BCUT2D eigenvalue weighted by molar-refractivity contribution is 0.0954. The van der Waals surface area contributed by atoms with Crippen molar-refractivity contribution < 1.29 is 4.79 Å². The van der Waals surface area contributed by atoms with E-state index in [9.17, 15) is 4.79 Å². The maximum Gasteiger partial charge on any atom is 0.251 e. The van der Waals surface area contributed by atoms with Gasteiger partial charge in [0.15, 0.2) is 0 Å². The second-order valence-corrected chi connectivity index (χ2v) is 4.95. The third-order valence-corrected chi connectivity index (χ3v) is 3.13. The van der Waals surface area contributed by atoms with Gasteiger partial charge in [-0.2, -0.15) is 5.10 Å². The van der Waals surface area contributed by atoms with E-state index in [2.05, 4.69) is 22.7 Å². The smallest absolute Gasteiger partial charge is 0.251 e. The number of amides is 1. The molecule has 2 rings (SSSR count). The molecule has 0 unspecified atom stereocenters. The van der Waals surface area contributed by atoms with Crippen molar-refractivity contribution in [3.8, 4) is 5.69 Å². The van der Waals surface area contributed by atoms with Crippen molar-refractivity contribution in [1.82, 2.24) is 20.4 Å². The number of nitrogens with zero attached hydrogens (tertiary/aromatic N) is 2. The fourth-order valence-electron chi connectivity index (χ4n) is 1.99. The molecule has 1 aromatic carbocycles. The lowest BCUT2D eigenvalue weighted by Gasteiger charge is -2.07. The Morgan fingerprint density at radius 3 is 2.45 bits per heavy atom. The SMILES string of the molecule is CCCNCCNC(=O)c1ccc(-n2ccc(C)n2)cc1.Cl. The molecule has 0 aliphatic rings. The Balaban J connectivity index is 0.00000242. The number of rotatable bonds is 7. The van der Waals surface area contributed by atoms with Crippen molar-refractivity contribution in [3.63, 3.8) is 0 Å². The molecular formula is C16H23ClN4O. The zero-order valence-electron chi connectivity index (χ0n) is 13.0. The molecule has 2 N–H and O–H groups in total. The average molecular weight is 323 g/mol. The molecule has 6 heteroatoms. The number of nitrogens with one attached hydrogen (secondary N) is 2. The van der Waals surface area contributed by atoms with Crippen molar-refractivity contribution in [1.29, 1.82) is 0 Å². The van der Waals surface area contributed by atoms with Crippen LogP contribution in [0.5, 0.6) is 0 Å². The van der Waals surface area contributed by atoms with Gasteiger partial charge in [0.2, 0.25) is 0 Å². The molecule has 2 aromatic rings. The largest absolute Gasteiger partial charge is 0.351 e. The molecule has 0 saturated heterocycles. The number of hydrogen-bond acceptors (Lipinski definition) is 3. The van der Waals surface area contributed by atoms with Crippen LogP contribution in [0, 0.1) is 6.92 Å². The van der Waals surface area contributed by atoms with Crippen molar-refractivity contribution >= 4 is 18.3 Å². The molecule has 0 atom stereocenters.